The van der Waals surface area contributed by atoms with Crippen molar-refractivity contribution in [3.63, 3.8) is 0 Å². The Morgan fingerprint density at radius 2 is 2.05 bits per heavy atom. The molecule has 3 aromatic rings. The average molecular weight is 358 g/mol. The number of aromatic nitrogens is 3. The third kappa shape index (κ3) is 3.40. The highest BCUT2D eigenvalue weighted by Crippen LogP contribution is 2.13. The summed E-state index contributed by atoms with van der Waals surface area (Å²) < 4.78 is 7.79. The molecule has 0 radical (unpaired) electrons. The smallest absolute Gasteiger partial charge is 0.340 e. The molecule has 0 saturated heterocycles. The molecular formula is C16H12BrN3O2. The molecule has 5 nitrogen and oxygen atoms in total. The number of hydrogen-bond acceptors (Lipinski definition) is 4. The summed E-state index contributed by atoms with van der Waals surface area (Å²) in [5.41, 5.74) is 2.28. The van der Waals surface area contributed by atoms with Crippen molar-refractivity contribution in [3.8, 4) is 5.69 Å². The molecule has 0 aliphatic carbocycles. The fourth-order valence-electron chi connectivity index (χ4n) is 1.92. The first-order valence-electron chi connectivity index (χ1n) is 6.59. The second-order valence-electron chi connectivity index (χ2n) is 4.59. The van der Waals surface area contributed by atoms with Gasteiger partial charge in [-0.15, -0.1) is 0 Å². The highest BCUT2D eigenvalue weighted by molar-refractivity contribution is 9.10. The van der Waals surface area contributed by atoms with Crippen LogP contribution in [0.15, 0.2) is 65.7 Å². The number of hydrogen-bond donors (Lipinski definition) is 0. The number of ether oxygens (including phenoxy) is 1. The fourth-order valence-corrected chi connectivity index (χ4v) is 2.29. The van der Waals surface area contributed by atoms with E-state index in [9.17, 15) is 4.79 Å². The van der Waals surface area contributed by atoms with Crippen LogP contribution in [0.1, 0.15) is 15.9 Å². The molecule has 1 aromatic carbocycles. The third-order valence-electron chi connectivity index (χ3n) is 3.02. The monoisotopic (exact) mass is 357 g/mol. The highest BCUT2D eigenvalue weighted by atomic mass is 79.9. The van der Waals surface area contributed by atoms with E-state index in [1.165, 1.54) is 6.20 Å². The van der Waals surface area contributed by atoms with E-state index < -0.39 is 5.97 Å². The number of nitrogens with zero attached hydrogens (tertiary/aromatic N) is 3. The van der Waals surface area contributed by atoms with Crippen LogP contribution in [0.2, 0.25) is 0 Å². The van der Waals surface area contributed by atoms with E-state index in [0.29, 0.717) is 5.56 Å². The number of esters is 1. The van der Waals surface area contributed by atoms with E-state index in [0.717, 1.165) is 15.7 Å². The van der Waals surface area contributed by atoms with E-state index in [4.69, 9.17) is 4.74 Å². The maximum Gasteiger partial charge on any atom is 0.340 e. The van der Waals surface area contributed by atoms with Gasteiger partial charge < -0.3 is 4.74 Å². The van der Waals surface area contributed by atoms with Crippen molar-refractivity contribution < 1.29 is 9.53 Å². The lowest BCUT2D eigenvalue weighted by atomic mass is 10.2. The molecule has 0 saturated carbocycles. The Kier molecular flexibility index (Phi) is 4.29. The number of benzene rings is 1. The Hall–Kier alpha value is -2.47. The van der Waals surface area contributed by atoms with Gasteiger partial charge in [0.05, 0.1) is 11.3 Å². The van der Waals surface area contributed by atoms with Crippen molar-refractivity contribution in [2.75, 3.05) is 0 Å². The second-order valence-corrected chi connectivity index (χ2v) is 5.50. The predicted octanol–water partition coefficient (Wildman–Crippen LogP) is 3.39. The first kappa shape index (κ1) is 14.5. The van der Waals surface area contributed by atoms with E-state index >= 15 is 0 Å². The Morgan fingerprint density at radius 3 is 2.73 bits per heavy atom. The Labute approximate surface area is 135 Å². The predicted molar refractivity (Wildman–Crippen MR) is 84.6 cm³/mol. The van der Waals surface area contributed by atoms with Crippen LogP contribution in [0.3, 0.4) is 0 Å². The normalized spacial score (nSPS) is 10.4. The Morgan fingerprint density at radius 1 is 1.23 bits per heavy atom. The lowest BCUT2D eigenvalue weighted by Gasteiger charge is -2.06. The highest BCUT2D eigenvalue weighted by Gasteiger charge is 2.08. The maximum absolute atomic E-state index is 11.9. The van der Waals surface area contributed by atoms with Crippen molar-refractivity contribution >= 4 is 21.9 Å². The van der Waals surface area contributed by atoms with E-state index in [1.54, 1.807) is 23.1 Å². The van der Waals surface area contributed by atoms with Gasteiger partial charge in [-0.05, 0) is 45.8 Å². The van der Waals surface area contributed by atoms with Crippen LogP contribution < -0.4 is 0 Å². The van der Waals surface area contributed by atoms with Crippen LogP contribution in [0.4, 0.5) is 0 Å². The summed E-state index contributed by atoms with van der Waals surface area (Å²) in [6, 6.07) is 11.2. The van der Waals surface area contributed by atoms with Gasteiger partial charge in [-0.1, -0.05) is 12.1 Å². The molecule has 0 aliphatic heterocycles. The van der Waals surface area contributed by atoms with Gasteiger partial charge in [-0.3, -0.25) is 4.98 Å². The Bertz CT molecular complexity index is 770. The van der Waals surface area contributed by atoms with Crippen LogP contribution in [0.25, 0.3) is 5.69 Å². The number of pyridine rings is 1. The minimum Gasteiger partial charge on any atom is -0.457 e. The van der Waals surface area contributed by atoms with Crippen molar-refractivity contribution in [1.82, 2.24) is 14.8 Å². The number of halogens is 1. The SMILES string of the molecule is O=C(OCc1ccc(-n2cccn2)cc1)c1cncc(Br)c1. The van der Waals surface area contributed by atoms with Crippen LogP contribution in [0, 0.1) is 0 Å². The van der Waals surface area contributed by atoms with Gasteiger partial charge in [0.1, 0.15) is 6.61 Å². The van der Waals surface area contributed by atoms with E-state index in [2.05, 4.69) is 26.0 Å². The van der Waals surface area contributed by atoms with Gasteiger partial charge in [-0.2, -0.15) is 5.10 Å². The molecule has 0 spiro atoms. The van der Waals surface area contributed by atoms with Gasteiger partial charge in [0.2, 0.25) is 0 Å². The molecule has 0 fully saturated rings. The summed E-state index contributed by atoms with van der Waals surface area (Å²) in [4.78, 5) is 15.9. The molecule has 0 aliphatic rings. The zero-order valence-corrected chi connectivity index (χ0v) is 13.1. The summed E-state index contributed by atoms with van der Waals surface area (Å²) in [5.74, 6) is -0.398. The third-order valence-corrected chi connectivity index (χ3v) is 3.45. The topological polar surface area (TPSA) is 57.0 Å². The molecule has 110 valence electrons. The standard InChI is InChI=1S/C16H12BrN3O2/c17-14-8-13(9-18-10-14)16(21)22-11-12-2-4-15(5-3-12)20-7-1-6-19-20/h1-10H,11H2. The molecule has 0 unspecified atom stereocenters. The van der Waals surface area contributed by atoms with E-state index in [-0.39, 0.29) is 6.61 Å². The van der Waals surface area contributed by atoms with Crippen molar-refractivity contribution in [3.05, 3.63) is 76.8 Å². The quantitative estimate of drug-likeness (QED) is 0.671. The minimum atomic E-state index is -0.398. The number of carbonyl (C=O) groups is 1. The fraction of sp³-hybridized carbons (Fsp3) is 0.0625. The lowest BCUT2D eigenvalue weighted by molar-refractivity contribution is 0.0472. The zero-order chi connectivity index (χ0) is 15.4. The van der Waals surface area contributed by atoms with Crippen molar-refractivity contribution in [2.45, 2.75) is 6.61 Å². The molecule has 0 N–H and O–H groups in total. The van der Waals surface area contributed by atoms with Gasteiger partial charge >= 0.3 is 5.97 Å². The maximum atomic E-state index is 11.9. The lowest BCUT2D eigenvalue weighted by Crippen LogP contribution is -2.05. The minimum absolute atomic E-state index is 0.213. The van der Waals surface area contributed by atoms with Gasteiger partial charge in [-0.25, -0.2) is 9.48 Å². The summed E-state index contributed by atoms with van der Waals surface area (Å²) in [6.07, 6.45) is 6.69. The summed E-state index contributed by atoms with van der Waals surface area (Å²) in [6.45, 7) is 0.213. The van der Waals surface area contributed by atoms with Gasteiger partial charge in [0.25, 0.3) is 0 Å². The van der Waals surface area contributed by atoms with Crippen molar-refractivity contribution in [1.29, 1.82) is 0 Å². The van der Waals surface area contributed by atoms with Gasteiger partial charge in [0.15, 0.2) is 0 Å². The summed E-state index contributed by atoms with van der Waals surface area (Å²) in [7, 11) is 0. The molecule has 22 heavy (non-hydrogen) atoms. The zero-order valence-electron chi connectivity index (χ0n) is 11.5. The van der Waals surface area contributed by atoms with Crippen LogP contribution in [-0.2, 0) is 11.3 Å². The second kappa shape index (κ2) is 6.53. The van der Waals surface area contributed by atoms with Crippen LogP contribution in [0.5, 0.6) is 0 Å². The molecule has 2 aromatic heterocycles. The average Bonchev–Trinajstić information content (AvgIpc) is 3.07. The molecule has 3 rings (SSSR count). The number of carbonyl (C=O) groups excluding carboxylic acids is 1. The van der Waals surface area contributed by atoms with E-state index in [1.807, 2.05) is 36.5 Å². The Balaban J connectivity index is 1.63. The van der Waals surface area contributed by atoms with Crippen molar-refractivity contribution in [2.24, 2.45) is 0 Å². The molecule has 6 heteroatoms. The first-order chi connectivity index (χ1) is 10.7. The molecule has 0 bridgehead atoms. The molecule has 2 heterocycles. The molecular weight excluding hydrogens is 346 g/mol. The molecule has 0 amide bonds. The summed E-state index contributed by atoms with van der Waals surface area (Å²) >= 11 is 3.27. The first-order valence-corrected chi connectivity index (χ1v) is 7.38. The number of rotatable bonds is 4. The molecule has 0 atom stereocenters. The van der Waals surface area contributed by atoms with Crippen LogP contribution >= 0.6 is 15.9 Å². The van der Waals surface area contributed by atoms with Gasteiger partial charge in [0, 0.05) is 29.3 Å². The summed E-state index contributed by atoms with van der Waals surface area (Å²) in [5, 5.41) is 4.16. The largest absolute Gasteiger partial charge is 0.457 e. The van der Waals surface area contributed by atoms with Crippen LogP contribution in [-0.4, -0.2) is 20.7 Å².